The summed E-state index contributed by atoms with van der Waals surface area (Å²) in [5.41, 5.74) is 0. The fourth-order valence-electron chi connectivity index (χ4n) is 2.94. The van der Waals surface area contributed by atoms with Gasteiger partial charge in [-0.2, -0.15) is 17.0 Å². The molecule has 1 N–H and O–H groups in total. The second-order valence-electron chi connectivity index (χ2n) is 5.46. The van der Waals surface area contributed by atoms with Crippen molar-refractivity contribution in [2.75, 3.05) is 20.2 Å². The van der Waals surface area contributed by atoms with Crippen LogP contribution in [-0.4, -0.2) is 66.5 Å². The minimum Gasteiger partial charge on any atom is -0.468 e. The van der Waals surface area contributed by atoms with E-state index in [1.165, 1.54) is 11.4 Å². The molecule has 20 heavy (non-hydrogen) atoms. The molecule has 7 nitrogen and oxygen atoms in total. The molecule has 0 aliphatic carbocycles. The van der Waals surface area contributed by atoms with E-state index in [0.29, 0.717) is 6.54 Å². The molecule has 0 aromatic rings. The summed E-state index contributed by atoms with van der Waals surface area (Å²) in [7, 11) is -2.52. The van der Waals surface area contributed by atoms with Crippen LogP contribution >= 0.6 is 0 Å². The van der Waals surface area contributed by atoms with Crippen molar-refractivity contribution in [3.8, 4) is 0 Å². The molecule has 116 valence electrons. The molecule has 2 heterocycles. The highest BCUT2D eigenvalue weighted by Gasteiger charge is 2.46. The number of hydrogen-bond acceptors (Lipinski definition) is 5. The van der Waals surface area contributed by atoms with E-state index in [2.05, 4.69) is 4.74 Å². The van der Waals surface area contributed by atoms with Crippen molar-refractivity contribution in [2.24, 2.45) is 0 Å². The molecule has 0 aromatic carbocycles. The van der Waals surface area contributed by atoms with Gasteiger partial charge in [-0.1, -0.05) is 6.42 Å². The van der Waals surface area contributed by atoms with E-state index in [0.717, 1.165) is 23.6 Å². The molecule has 2 fully saturated rings. The molecule has 3 atom stereocenters. The Kier molecular flexibility index (Phi) is 4.68. The van der Waals surface area contributed by atoms with Gasteiger partial charge >= 0.3 is 5.97 Å². The number of aliphatic hydroxyl groups excluding tert-OH is 1. The summed E-state index contributed by atoms with van der Waals surface area (Å²) in [5, 5.41) is 9.71. The first-order chi connectivity index (χ1) is 9.37. The van der Waals surface area contributed by atoms with E-state index in [9.17, 15) is 18.3 Å². The fraction of sp³-hybridized carbons (Fsp3) is 0.917. The van der Waals surface area contributed by atoms with Crippen molar-refractivity contribution in [1.82, 2.24) is 8.61 Å². The van der Waals surface area contributed by atoms with Gasteiger partial charge in [0.25, 0.3) is 10.2 Å². The summed E-state index contributed by atoms with van der Waals surface area (Å²) in [6.45, 7) is 2.28. The summed E-state index contributed by atoms with van der Waals surface area (Å²) in [5.74, 6) is -0.616. The van der Waals surface area contributed by atoms with E-state index in [4.69, 9.17) is 0 Å². The van der Waals surface area contributed by atoms with E-state index < -0.39 is 28.3 Å². The first kappa shape index (κ1) is 15.7. The molecule has 0 spiro atoms. The average Bonchev–Trinajstić information content (AvgIpc) is 2.81. The van der Waals surface area contributed by atoms with Crippen molar-refractivity contribution in [1.29, 1.82) is 0 Å². The van der Waals surface area contributed by atoms with Gasteiger partial charge in [-0.15, -0.1) is 0 Å². The van der Waals surface area contributed by atoms with Crippen LogP contribution in [0.15, 0.2) is 0 Å². The number of rotatable bonds is 3. The number of carbonyl (C=O) groups is 1. The number of piperidine rings is 1. The normalized spacial score (nSPS) is 33.2. The Morgan fingerprint density at radius 3 is 2.60 bits per heavy atom. The number of aliphatic hydroxyl groups is 1. The third kappa shape index (κ3) is 2.83. The highest BCUT2D eigenvalue weighted by Crippen LogP contribution is 2.28. The Hall–Kier alpha value is -0.700. The van der Waals surface area contributed by atoms with Crippen LogP contribution in [0.5, 0.6) is 0 Å². The molecular weight excluding hydrogens is 284 g/mol. The monoisotopic (exact) mass is 306 g/mol. The summed E-state index contributed by atoms with van der Waals surface area (Å²) < 4.78 is 32.6. The molecular formula is C12H22N2O5S. The Bertz CT molecular complexity index is 466. The molecule has 2 aliphatic rings. The van der Waals surface area contributed by atoms with Crippen molar-refractivity contribution in [3.05, 3.63) is 0 Å². The van der Waals surface area contributed by atoms with Gasteiger partial charge in [-0.3, -0.25) is 4.79 Å². The van der Waals surface area contributed by atoms with Crippen LogP contribution in [-0.2, 0) is 19.7 Å². The standard InChI is InChI=1S/C12H22N2O5S/c1-9-5-3-4-6-13(9)20(17,18)14-8-10(15)7-11(14)12(16)19-2/h9-11,15H,3-8H2,1-2H3. The highest BCUT2D eigenvalue weighted by molar-refractivity contribution is 7.86. The van der Waals surface area contributed by atoms with Gasteiger partial charge < -0.3 is 9.84 Å². The highest BCUT2D eigenvalue weighted by atomic mass is 32.2. The first-order valence-electron chi connectivity index (χ1n) is 6.92. The van der Waals surface area contributed by atoms with Gasteiger partial charge in [-0.05, 0) is 19.8 Å². The second-order valence-corrected chi connectivity index (χ2v) is 7.30. The largest absolute Gasteiger partial charge is 0.468 e. The average molecular weight is 306 g/mol. The number of hydrogen-bond donors (Lipinski definition) is 1. The maximum absolute atomic E-state index is 12.7. The van der Waals surface area contributed by atoms with E-state index in [1.807, 2.05) is 6.92 Å². The lowest BCUT2D eigenvalue weighted by molar-refractivity contribution is -0.144. The summed E-state index contributed by atoms with van der Waals surface area (Å²) in [6, 6.07) is -1.00. The minimum atomic E-state index is -3.74. The van der Waals surface area contributed by atoms with Gasteiger partial charge in [0, 0.05) is 25.6 Å². The van der Waals surface area contributed by atoms with Crippen LogP contribution < -0.4 is 0 Å². The number of ether oxygens (including phenoxy) is 1. The van der Waals surface area contributed by atoms with Gasteiger partial charge in [0.1, 0.15) is 6.04 Å². The molecule has 3 unspecified atom stereocenters. The topological polar surface area (TPSA) is 87.1 Å². The zero-order valence-electron chi connectivity index (χ0n) is 11.9. The van der Waals surface area contributed by atoms with Crippen LogP contribution in [0.1, 0.15) is 32.6 Å². The molecule has 0 saturated carbocycles. The first-order valence-corrected chi connectivity index (χ1v) is 8.32. The Morgan fingerprint density at radius 1 is 1.30 bits per heavy atom. The predicted octanol–water partition coefficient (Wildman–Crippen LogP) is -0.286. The van der Waals surface area contributed by atoms with Gasteiger partial charge in [0.2, 0.25) is 0 Å². The van der Waals surface area contributed by atoms with Gasteiger partial charge in [0.05, 0.1) is 13.2 Å². The molecule has 2 rings (SSSR count). The lowest BCUT2D eigenvalue weighted by Crippen LogP contribution is -2.52. The van der Waals surface area contributed by atoms with Crippen LogP contribution in [0, 0.1) is 0 Å². The molecule has 2 aliphatic heterocycles. The van der Waals surface area contributed by atoms with E-state index >= 15 is 0 Å². The van der Waals surface area contributed by atoms with Crippen molar-refractivity contribution < 1.29 is 23.1 Å². The Balaban J connectivity index is 2.24. The van der Waals surface area contributed by atoms with E-state index in [-0.39, 0.29) is 19.0 Å². The number of carbonyl (C=O) groups excluding carboxylic acids is 1. The van der Waals surface area contributed by atoms with Crippen molar-refractivity contribution >= 4 is 16.2 Å². The molecule has 0 aromatic heterocycles. The van der Waals surface area contributed by atoms with Gasteiger partial charge in [0.15, 0.2) is 0 Å². The zero-order chi connectivity index (χ0) is 14.9. The maximum atomic E-state index is 12.7. The lowest BCUT2D eigenvalue weighted by Gasteiger charge is -2.36. The quantitative estimate of drug-likeness (QED) is 0.724. The third-order valence-electron chi connectivity index (χ3n) is 4.04. The number of nitrogens with zero attached hydrogens (tertiary/aromatic N) is 2. The number of esters is 1. The summed E-state index contributed by atoms with van der Waals surface area (Å²) in [4.78, 5) is 11.7. The van der Waals surface area contributed by atoms with Crippen LogP contribution in [0.3, 0.4) is 0 Å². The number of methoxy groups -OCH3 is 1. The third-order valence-corrected chi connectivity index (χ3v) is 6.17. The smallest absolute Gasteiger partial charge is 0.324 e. The molecule has 0 bridgehead atoms. The molecule has 0 amide bonds. The SMILES string of the molecule is COC(=O)C1CC(O)CN1S(=O)(=O)N1CCCCC1C. The fourth-order valence-corrected chi connectivity index (χ4v) is 4.98. The van der Waals surface area contributed by atoms with Crippen molar-refractivity contribution in [2.45, 2.75) is 50.8 Å². The minimum absolute atomic E-state index is 0.0503. The Morgan fingerprint density at radius 2 is 2.00 bits per heavy atom. The van der Waals surface area contributed by atoms with Crippen LogP contribution in [0.4, 0.5) is 0 Å². The summed E-state index contributed by atoms with van der Waals surface area (Å²) in [6.07, 6.45) is 1.92. The van der Waals surface area contributed by atoms with Crippen LogP contribution in [0.2, 0.25) is 0 Å². The van der Waals surface area contributed by atoms with Crippen LogP contribution in [0.25, 0.3) is 0 Å². The van der Waals surface area contributed by atoms with E-state index in [1.54, 1.807) is 0 Å². The molecule has 0 radical (unpaired) electrons. The number of β-amino-alcohol motifs (C(OH)–C–C–N with tert-alkyl or cyclic N) is 1. The lowest BCUT2D eigenvalue weighted by atomic mass is 10.1. The molecule has 8 heteroatoms. The summed E-state index contributed by atoms with van der Waals surface area (Å²) >= 11 is 0. The van der Waals surface area contributed by atoms with Crippen molar-refractivity contribution in [3.63, 3.8) is 0 Å². The molecule has 2 saturated heterocycles. The van der Waals surface area contributed by atoms with Gasteiger partial charge in [-0.25, -0.2) is 0 Å². The zero-order valence-corrected chi connectivity index (χ0v) is 12.7. The Labute approximate surface area is 119 Å². The predicted molar refractivity (Wildman–Crippen MR) is 72.1 cm³/mol. The second kappa shape index (κ2) is 5.97. The maximum Gasteiger partial charge on any atom is 0.324 e.